The molecule has 3 aromatic rings. The maximum Gasteiger partial charge on any atom is 0.343 e. The Morgan fingerprint density at radius 1 is 0.725 bits per heavy atom. The van der Waals surface area contributed by atoms with Gasteiger partial charge in [0.15, 0.2) is 11.5 Å². The highest BCUT2D eigenvalue weighted by atomic mass is 16.7. The SMILES string of the molecule is C=CC(=O)OCOc1ccc(C(=O)Oc2ccc(OC(=O)CCc3ccc(OC(=O)C=C)cc3)c(OC)c2)cc1. The van der Waals surface area contributed by atoms with Crippen LogP contribution in [0, 0.1) is 0 Å². The number of ether oxygens (including phenoxy) is 6. The van der Waals surface area contributed by atoms with Crippen LogP contribution >= 0.6 is 0 Å². The Balaban J connectivity index is 1.52. The Morgan fingerprint density at radius 3 is 2.02 bits per heavy atom. The molecule has 0 saturated heterocycles. The zero-order valence-electron chi connectivity index (χ0n) is 21.6. The van der Waals surface area contributed by atoms with E-state index in [1.54, 1.807) is 24.3 Å². The summed E-state index contributed by atoms with van der Waals surface area (Å²) in [5, 5.41) is 0. The fraction of sp³-hybridized carbons (Fsp3) is 0.133. The van der Waals surface area contributed by atoms with Gasteiger partial charge >= 0.3 is 23.9 Å². The molecule has 10 nitrogen and oxygen atoms in total. The number of hydrogen-bond acceptors (Lipinski definition) is 10. The zero-order valence-corrected chi connectivity index (χ0v) is 21.6. The minimum absolute atomic E-state index is 0.0854. The number of hydrogen-bond donors (Lipinski definition) is 0. The van der Waals surface area contributed by atoms with E-state index in [1.807, 2.05) is 0 Å². The van der Waals surface area contributed by atoms with Gasteiger partial charge in [-0.1, -0.05) is 25.3 Å². The second-order valence-corrected chi connectivity index (χ2v) is 7.90. The van der Waals surface area contributed by atoms with Gasteiger partial charge in [-0.3, -0.25) is 4.79 Å². The van der Waals surface area contributed by atoms with Crippen LogP contribution in [0.5, 0.6) is 28.7 Å². The zero-order chi connectivity index (χ0) is 28.9. The lowest BCUT2D eigenvalue weighted by Crippen LogP contribution is -2.11. The molecule has 0 spiro atoms. The monoisotopic (exact) mass is 546 g/mol. The molecule has 0 unspecified atom stereocenters. The molecule has 0 amide bonds. The van der Waals surface area contributed by atoms with Gasteiger partial charge < -0.3 is 28.4 Å². The average Bonchev–Trinajstić information content (AvgIpc) is 2.97. The number of esters is 4. The molecule has 3 rings (SSSR count). The van der Waals surface area contributed by atoms with Crippen LogP contribution in [0.3, 0.4) is 0 Å². The third kappa shape index (κ3) is 8.88. The number of carbonyl (C=O) groups excluding carboxylic acids is 4. The van der Waals surface area contributed by atoms with E-state index < -0.39 is 23.9 Å². The average molecular weight is 547 g/mol. The number of aryl methyl sites for hydroxylation is 1. The van der Waals surface area contributed by atoms with Gasteiger partial charge in [-0.15, -0.1) is 0 Å². The van der Waals surface area contributed by atoms with Gasteiger partial charge in [-0.25, -0.2) is 14.4 Å². The Kier molecular flexibility index (Phi) is 10.6. The molecule has 0 bridgehead atoms. The summed E-state index contributed by atoms with van der Waals surface area (Å²) in [6.07, 6.45) is 2.57. The molecule has 0 N–H and O–H groups in total. The first kappa shape index (κ1) is 29.2. The summed E-state index contributed by atoms with van der Waals surface area (Å²) in [5.74, 6) is -1.01. The predicted molar refractivity (Wildman–Crippen MR) is 142 cm³/mol. The largest absolute Gasteiger partial charge is 0.493 e. The van der Waals surface area contributed by atoms with Gasteiger partial charge in [0, 0.05) is 24.6 Å². The Bertz CT molecular complexity index is 1370. The summed E-state index contributed by atoms with van der Waals surface area (Å²) in [6, 6.07) is 17.1. The van der Waals surface area contributed by atoms with Gasteiger partial charge in [0.25, 0.3) is 0 Å². The first-order valence-electron chi connectivity index (χ1n) is 11.9. The molecule has 0 atom stereocenters. The van der Waals surface area contributed by atoms with E-state index in [-0.39, 0.29) is 36.0 Å². The van der Waals surface area contributed by atoms with Crippen molar-refractivity contribution in [2.75, 3.05) is 13.9 Å². The van der Waals surface area contributed by atoms with Gasteiger partial charge in [-0.2, -0.15) is 0 Å². The van der Waals surface area contributed by atoms with Crippen molar-refractivity contribution in [2.24, 2.45) is 0 Å². The lowest BCUT2D eigenvalue weighted by molar-refractivity contribution is -0.144. The van der Waals surface area contributed by atoms with Gasteiger partial charge in [-0.05, 0) is 60.5 Å². The summed E-state index contributed by atoms with van der Waals surface area (Å²) < 4.78 is 31.1. The maximum absolute atomic E-state index is 12.5. The van der Waals surface area contributed by atoms with E-state index in [9.17, 15) is 19.2 Å². The molecular weight excluding hydrogens is 520 g/mol. The van der Waals surface area contributed by atoms with E-state index in [0.717, 1.165) is 17.7 Å². The van der Waals surface area contributed by atoms with Crippen molar-refractivity contribution in [3.63, 3.8) is 0 Å². The smallest absolute Gasteiger partial charge is 0.343 e. The van der Waals surface area contributed by atoms with E-state index in [2.05, 4.69) is 13.2 Å². The second-order valence-electron chi connectivity index (χ2n) is 7.90. The molecular formula is C30H26O10. The summed E-state index contributed by atoms with van der Waals surface area (Å²) in [7, 11) is 1.39. The van der Waals surface area contributed by atoms with E-state index in [1.165, 1.54) is 49.6 Å². The van der Waals surface area contributed by atoms with Crippen LogP contribution in [0.25, 0.3) is 0 Å². The molecule has 0 radical (unpaired) electrons. The van der Waals surface area contributed by atoms with E-state index in [4.69, 9.17) is 28.4 Å². The summed E-state index contributed by atoms with van der Waals surface area (Å²) >= 11 is 0. The molecule has 0 aliphatic rings. The number of benzene rings is 3. The molecule has 0 fully saturated rings. The molecule has 40 heavy (non-hydrogen) atoms. The fourth-order valence-electron chi connectivity index (χ4n) is 3.17. The fourth-order valence-corrected chi connectivity index (χ4v) is 3.17. The van der Waals surface area contributed by atoms with Gasteiger partial charge in [0.05, 0.1) is 12.7 Å². The highest BCUT2D eigenvalue weighted by Crippen LogP contribution is 2.32. The molecule has 0 heterocycles. The van der Waals surface area contributed by atoms with Crippen molar-refractivity contribution in [1.82, 2.24) is 0 Å². The van der Waals surface area contributed by atoms with Crippen molar-refractivity contribution in [3.8, 4) is 28.7 Å². The van der Waals surface area contributed by atoms with Crippen LogP contribution < -0.4 is 23.7 Å². The first-order chi connectivity index (χ1) is 19.3. The van der Waals surface area contributed by atoms with Crippen molar-refractivity contribution < 1.29 is 47.6 Å². The van der Waals surface area contributed by atoms with Crippen molar-refractivity contribution in [3.05, 3.63) is 103 Å². The highest BCUT2D eigenvalue weighted by Gasteiger charge is 2.15. The Labute approximate surface area is 230 Å². The summed E-state index contributed by atoms with van der Waals surface area (Å²) in [6.45, 7) is 6.33. The van der Waals surface area contributed by atoms with Crippen LogP contribution in [-0.2, 0) is 25.5 Å². The molecule has 206 valence electrons. The minimum atomic E-state index is -0.637. The molecule has 10 heteroatoms. The highest BCUT2D eigenvalue weighted by molar-refractivity contribution is 5.91. The summed E-state index contributed by atoms with van der Waals surface area (Å²) in [4.78, 5) is 47.2. The Hall–Kier alpha value is -5.38. The van der Waals surface area contributed by atoms with Crippen LogP contribution in [0.15, 0.2) is 92.0 Å². The molecule has 0 aromatic heterocycles. The second kappa shape index (κ2) is 14.5. The van der Waals surface area contributed by atoms with Crippen LogP contribution in [0.2, 0.25) is 0 Å². The van der Waals surface area contributed by atoms with Crippen LogP contribution in [-0.4, -0.2) is 37.8 Å². The standard InChI is InChI=1S/C30H26O10/c1-4-27(31)37-19-36-22-13-9-21(10-14-22)30(34)39-24-15-16-25(26(18-24)35-3)40-29(33)17-8-20-6-11-23(12-7-20)38-28(32)5-2/h4-7,9-16,18H,1-2,8,17,19H2,3H3. The molecule has 0 aliphatic heterocycles. The maximum atomic E-state index is 12.5. The minimum Gasteiger partial charge on any atom is -0.493 e. The van der Waals surface area contributed by atoms with Crippen molar-refractivity contribution in [1.29, 1.82) is 0 Å². The quantitative estimate of drug-likeness (QED) is 0.130. The van der Waals surface area contributed by atoms with Gasteiger partial charge in [0.2, 0.25) is 6.79 Å². The molecule has 0 aliphatic carbocycles. The topological polar surface area (TPSA) is 124 Å². The number of rotatable bonds is 13. The number of carbonyl (C=O) groups is 4. The third-order valence-corrected chi connectivity index (χ3v) is 5.18. The third-order valence-electron chi connectivity index (χ3n) is 5.18. The number of methoxy groups -OCH3 is 1. The summed E-state index contributed by atoms with van der Waals surface area (Å²) in [5.41, 5.74) is 1.09. The van der Waals surface area contributed by atoms with E-state index in [0.29, 0.717) is 17.9 Å². The van der Waals surface area contributed by atoms with Crippen LogP contribution in [0.1, 0.15) is 22.3 Å². The normalized spacial score (nSPS) is 10.0. The lowest BCUT2D eigenvalue weighted by atomic mass is 10.1. The Morgan fingerprint density at radius 2 is 1.38 bits per heavy atom. The molecule has 0 saturated carbocycles. The van der Waals surface area contributed by atoms with Crippen molar-refractivity contribution >= 4 is 23.9 Å². The lowest BCUT2D eigenvalue weighted by Gasteiger charge is -2.12. The van der Waals surface area contributed by atoms with E-state index >= 15 is 0 Å². The van der Waals surface area contributed by atoms with Crippen molar-refractivity contribution in [2.45, 2.75) is 12.8 Å². The predicted octanol–water partition coefficient (Wildman–Crippen LogP) is 4.61. The molecule has 3 aromatic carbocycles. The first-order valence-corrected chi connectivity index (χ1v) is 11.9. The van der Waals surface area contributed by atoms with Crippen LogP contribution in [0.4, 0.5) is 0 Å². The van der Waals surface area contributed by atoms with Gasteiger partial charge in [0.1, 0.15) is 17.2 Å².